The number of aromatic hydroxyl groups is 1. The minimum atomic E-state index is 0.0944. The second-order valence-corrected chi connectivity index (χ2v) is 6.06. The molecule has 0 aliphatic heterocycles. The van der Waals surface area contributed by atoms with E-state index in [0.29, 0.717) is 5.92 Å². The number of carbonyl (C=O) groups excluding carboxylic acids is 1. The molecule has 4 nitrogen and oxygen atoms in total. The number of likely N-dealkylation sites (N-methyl/N-ethyl adjacent to an activating group) is 1. The van der Waals surface area contributed by atoms with Gasteiger partial charge in [-0.25, -0.2) is 0 Å². The Kier molecular flexibility index (Phi) is 4.60. The normalized spacial score (nSPS) is 19.3. The summed E-state index contributed by atoms with van der Waals surface area (Å²) in [6, 6.07) is 11.2. The summed E-state index contributed by atoms with van der Waals surface area (Å²) >= 11 is 0. The molecule has 1 aromatic heterocycles. The zero-order valence-corrected chi connectivity index (χ0v) is 13.4. The lowest BCUT2D eigenvalue weighted by Gasteiger charge is -2.21. The SMILES string of the molecule is CCN(CCc1ccncc1)C(=O)C1CC1c1ccc(O)cc1. The van der Waals surface area contributed by atoms with E-state index in [1.54, 1.807) is 24.5 Å². The number of hydrogen-bond acceptors (Lipinski definition) is 3. The second kappa shape index (κ2) is 6.82. The van der Waals surface area contributed by atoms with E-state index in [1.165, 1.54) is 5.56 Å². The van der Waals surface area contributed by atoms with Gasteiger partial charge in [0.15, 0.2) is 0 Å². The van der Waals surface area contributed by atoms with Crippen LogP contribution < -0.4 is 0 Å². The third-order valence-corrected chi connectivity index (χ3v) is 4.54. The molecule has 3 rings (SSSR count). The van der Waals surface area contributed by atoms with E-state index < -0.39 is 0 Å². The Labute approximate surface area is 136 Å². The predicted molar refractivity (Wildman–Crippen MR) is 89.1 cm³/mol. The molecule has 1 aliphatic carbocycles. The predicted octanol–water partition coefficient (Wildman–Crippen LogP) is 2.98. The fraction of sp³-hybridized carbons (Fsp3) is 0.368. The van der Waals surface area contributed by atoms with Gasteiger partial charge < -0.3 is 10.0 Å². The lowest BCUT2D eigenvalue weighted by atomic mass is 10.1. The first kappa shape index (κ1) is 15.5. The number of carbonyl (C=O) groups is 1. The van der Waals surface area contributed by atoms with Gasteiger partial charge in [-0.15, -0.1) is 0 Å². The summed E-state index contributed by atoms with van der Waals surface area (Å²) in [5, 5.41) is 9.36. The van der Waals surface area contributed by atoms with Crippen molar-refractivity contribution in [2.24, 2.45) is 5.92 Å². The van der Waals surface area contributed by atoms with Crippen molar-refractivity contribution in [3.8, 4) is 5.75 Å². The topological polar surface area (TPSA) is 53.4 Å². The maximum Gasteiger partial charge on any atom is 0.226 e. The van der Waals surface area contributed by atoms with Crippen LogP contribution in [0.15, 0.2) is 48.8 Å². The Morgan fingerprint density at radius 1 is 1.22 bits per heavy atom. The largest absolute Gasteiger partial charge is 0.508 e. The number of pyridine rings is 1. The summed E-state index contributed by atoms with van der Waals surface area (Å²) in [6.45, 7) is 3.52. The molecular weight excluding hydrogens is 288 g/mol. The van der Waals surface area contributed by atoms with Crippen molar-refractivity contribution in [1.29, 1.82) is 0 Å². The molecule has 0 radical (unpaired) electrons. The number of phenols is 1. The molecule has 1 aliphatic rings. The standard InChI is InChI=1S/C19H22N2O2/c1-2-21(12-9-14-7-10-20-11-8-14)19(23)18-13-17(18)15-3-5-16(22)6-4-15/h3-8,10-11,17-18,22H,2,9,12-13H2,1H3. The van der Waals surface area contributed by atoms with Crippen LogP contribution in [0, 0.1) is 5.92 Å². The number of amides is 1. The lowest BCUT2D eigenvalue weighted by molar-refractivity contribution is -0.132. The Morgan fingerprint density at radius 3 is 2.57 bits per heavy atom. The number of aromatic nitrogens is 1. The highest BCUT2D eigenvalue weighted by Crippen LogP contribution is 2.48. The molecule has 2 unspecified atom stereocenters. The van der Waals surface area contributed by atoms with E-state index in [2.05, 4.69) is 4.98 Å². The Morgan fingerprint density at radius 2 is 1.91 bits per heavy atom. The Hall–Kier alpha value is -2.36. The van der Waals surface area contributed by atoms with Gasteiger partial charge in [0.25, 0.3) is 0 Å². The van der Waals surface area contributed by atoms with Crippen LogP contribution in [0.3, 0.4) is 0 Å². The van der Waals surface area contributed by atoms with Crippen LogP contribution in [0.5, 0.6) is 5.75 Å². The van der Waals surface area contributed by atoms with Gasteiger partial charge in [-0.1, -0.05) is 12.1 Å². The summed E-state index contributed by atoms with van der Waals surface area (Å²) in [4.78, 5) is 18.6. The van der Waals surface area contributed by atoms with Crippen molar-refractivity contribution in [1.82, 2.24) is 9.88 Å². The zero-order valence-electron chi connectivity index (χ0n) is 13.4. The van der Waals surface area contributed by atoms with E-state index >= 15 is 0 Å². The molecule has 2 aromatic rings. The van der Waals surface area contributed by atoms with Gasteiger partial charge >= 0.3 is 0 Å². The second-order valence-electron chi connectivity index (χ2n) is 6.06. The third kappa shape index (κ3) is 3.70. The average molecular weight is 310 g/mol. The smallest absolute Gasteiger partial charge is 0.226 e. The van der Waals surface area contributed by atoms with Crippen LogP contribution in [-0.2, 0) is 11.2 Å². The molecule has 1 N–H and O–H groups in total. The minimum Gasteiger partial charge on any atom is -0.508 e. The first-order valence-corrected chi connectivity index (χ1v) is 8.15. The van der Waals surface area contributed by atoms with Crippen molar-refractivity contribution < 1.29 is 9.90 Å². The van der Waals surface area contributed by atoms with Crippen molar-refractivity contribution in [3.05, 3.63) is 59.9 Å². The highest BCUT2D eigenvalue weighted by molar-refractivity contribution is 5.83. The van der Waals surface area contributed by atoms with Crippen molar-refractivity contribution in [2.75, 3.05) is 13.1 Å². The number of hydrogen-bond donors (Lipinski definition) is 1. The summed E-state index contributed by atoms with van der Waals surface area (Å²) in [5.74, 6) is 0.916. The molecule has 0 saturated heterocycles. The number of rotatable bonds is 6. The highest BCUT2D eigenvalue weighted by Gasteiger charge is 2.45. The van der Waals surface area contributed by atoms with E-state index in [9.17, 15) is 9.90 Å². The molecule has 4 heteroatoms. The first-order chi connectivity index (χ1) is 11.2. The number of nitrogens with zero attached hydrogens (tertiary/aromatic N) is 2. The molecule has 0 bridgehead atoms. The van der Waals surface area contributed by atoms with Crippen molar-refractivity contribution in [2.45, 2.75) is 25.7 Å². The van der Waals surface area contributed by atoms with Gasteiger partial charge in [0.1, 0.15) is 5.75 Å². The molecule has 1 amide bonds. The van der Waals surface area contributed by atoms with Crippen LogP contribution in [0.4, 0.5) is 0 Å². The summed E-state index contributed by atoms with van der Waals surface area (Å²) in [7, 11) is 0. The fourth-order valence-electron chi connectivity index (χ4n) is 3.03. The minimum absolute atomic E-state index is 0.0944. The van der Waals surface area contributed by atoms with Crippen LogP contribution in [0.25, 0.3) is 0 Å². The Balaban J connectivity index is 1.57. The average Bonchev–Trinajstić information content (AvgIpc) is 3.37. The molecule has 1 aromatic carbocycles. The number of phenolic OH excluding ortho intramolecular Hbond substituents is 1. The van der Waals surface area contributed by atoms with Gasteiger partial charge in [0.2, 0.25) is 5.91 Å². The van der Waals surface area contributed by atoms with Crippen molar-refractivity contribution >= 4 is 5.91 Å². The van der Waals surface area contributed by atoms with Crippen LogP contribution >= 0.6 is 0 Å². The van der Waals surface area contributed by atoms with Crippen LogP contribution in [-0.4, -0.2) is 34.0 Å². The summed E-state index contributed by atoms with van der Waals surface area (Å²) in [5.41, 5.74) is 2.35. The zero-order chi connectivity index (χ0) is 16.2. The van der Waals surface area contributed by atoms with Crippen molar-refractivity contribution in [3.63, 3.8) is 0 Å². The maximum atomic E-state index is 12.7. The molecule has 23 heavy (non-hydrogen) atoms. The molecule has 1 fully saturated rings. The van der Waals surface area contributed by atoms with E-state index in [0.717, 1.165) is 31.5 Å². The van der Waals surface area contributed by atoms with Gasteiger partial charge in [0.05, 0.1) is 0 Å². The summed E-state index contributed by atoms with van der Waals surface area (Å²) in [6.07, 6.45) is 5.35. The number of benzene rings is 1. The van der Waals surface area contributed by atoms with Gasteiger partial charge in [0, 0.05) is 31.4 Å². The summed E-state index contributed by atoms with van der Waals surface area (Å²) < 4.78 is 0. The quantitative estimate of drug-likeness (QED) is 0.892. The van der Waals surface area contributed by atoms with E-state index in [4.69, 9.17) is 0 Å². The molecule has 0 spiro atoms. The van der Waals surface area contributed by atoms with Crippen LogP contribution in [0.2, 0.25) is 0 Å². The first-order valence-electron chi connectivity index (χ1n) is 8.15. The van der Waals surface area contributed by atoms with Gasteiger partial charge in [-0.05, 0) is 61.1 Å². The monoisotopic (exact) mass is 310 g/mol. The van der Waals surface area contributed by atoms with Gasteiger partial charge in [-0.3, -0.25) is 9.78 Å². The lowest BCUT2D eigenvalue weighted by Crippen LogP contribution is -2.34. The molecule has 2 atom stereocenters. The van der Waals surface area contributed by atoms with Gasteiger partial charge in [-0.2, -0.15) is 0 Å². The maximum absolute atomic E-state index is 12.7. The molecule has 1 heterocycles. The molecular formula is C19H22N2O2. The van der Waals surface area contributed by atoms with E-state index in [-0.39, 0.29) is 17.6 Å². The highest BCUT2D eigenvalue weighted by atomic mass is 16.3. The third-order valence-electron chi connectivity index (χ3n) is 4.54. The van der Waals surface area contributed by atoms with Crippen LogP contribution in [0.1, 0.15) is 30.4 Å². The van der Waals surface area contributed by atoms with E-state index in [1.807, 2.05) is 36.1 Å². The Bertz CT molecular complexity index is 655. The fourth-order valence-corrected chi connectivity index (χ4v) is 3.03. The molecule has 1 saturated carbocycles. The molecule has 120 valence electrons.